The first-order chi connectivity index (χ1) is 8.82. The van der Waals surface area contributed by atoms with Crippen LogP contribution in [0.5, 0.6) is 0 Å². The fraction of sp³-hybridized carbons (Fsp3) is 0.462. The molecule has 1 aromatic carbocycles. The molecular formula is C13H16ClNO3S. The molecule has 2 unspecified atom stereocenters. The van der Waals surface area contributed by atoms with E-state index in [4.69, 9.17) is 10.7 Å². The van der Waals surface area contributed by atoms with Crippen LogP contribution in [-0.2, 0) is 9.05 Å². The summed E-state index contributed by atoms with van der Waals surface area (Å²) in [6.45, 7) is 3.85. The van der Waals surface area contributed by atoms with Crippen molar-refractivity contribution < 1.29 is 13.2 Å². The lowest BCUT2D eigenvalue weighted by atomic mass is 10.1. The maximum atomic E-state index is 12.1. The average Bonchev–Trinajstić information content (AvgIpc) is 3.06. The van der Waals surface area contributed by atoms with E-state index in [1.54, 1.807) is 13.0 Å². The van der Waals surface area contributed by atoms with Crippen molar-refractivity contribution in [1.82, 2.24) is 5.32 Å². The third kappa shape index (κ3) is 3.28. The van der Waals surface area contributed by atoms with E-state index in [2.05, 4.69) is 12.2 Å². The van der Waals surface area contributed by atoms with Crippen LogP contribution in [0.15, 0.2) is 23.1 Å². The van der Waals surface area contributed by atoms with Crippen molar-refractivity contribution in [1.29, 1.82) is 0 Å². The lowest BCUT2D eigenvalue weighted by Crippen LogP contribution is -2.27. The Bertz CT molecular complexity index is 612. The van der Waals surface area contributed by atoms with Crippen LogP contribution in [0, 0.1) is 12.8 Å². The van der Waals surface area contributed by atoms with Gasteiger partial charge in [0, 0.05) is 22.3 Å². The molecule has 0 bridgehead atoms. The molecule has 0 aromatic heterocycles. The van der Waals surface area contributed by atoms with E-state index < -0.39 is 9.05 Å². The number of hydrogen-bond acceptors (Lipinski definition) is 3. The van der Waals surface area contributed by atoms with Gasteiger partial charge in [0.05, 0.1) is 4.90 Å². The minimum atomic E-state index is -3.81. The fourth-order valence-electron chi connectivity index (χ4n) is 2.12. The summed E-state index contributed by atoms with van der Waals surface area (Å²) >= 11 is 0. The topological polar surface area (TPSA) is 63.2 Å². The zero-order valence-electron chi connectivity index (χ0n) is 10.8. The van der Waals surface area contributed by atoms with Gasteiger partial charge in [0.25, 0.3) is 15.0 Å². The van der Waals surface area contributed by atoms with Crippen LogP contribution >= 0.6 is 10.7 Å². The monoisotopic (exact) mass is 301 g/mol. The summed E-state index contributed by atoms with van der Waals surface area (Å²) in [7, 11) is 1.48. The molecule has 0 spiro atoms. The molecule has 1 aromatic rings. The molecule has 2 atom stereocenters. The number of nitrogens with one attached hydrogen (secondary N) is 1. The summed E-state index contributed by atoms with van der Waals surface area (Å²) in [4.78, 5) is 12.1. The van der Waals surface area contributed by atoms with E-state index in [1.807, 2.05) is 0 Å². The maximum Gasteiger partial charge on any atom is 0.261 e. The lowest BCUT2D eigenvalue weighted by molar-refractivity contribution is 0.0948. The van der Waals surface area contributed by atoms with E-state index in [-0.39, 0.29) is 16.8 Å². The van der Waals surface area contributed by atoms with Crippen LogP contribution in [-0.4, -0.2) is 20.4 Å². The normalized spacial score (nSPS) is 22.1. The van der Waals surface area contributed by atoms with Gasteiger partial charge in [0.15, 0.2) is 0 Å². The van der Waals surface area contributed by atoms with Crippen molar-refractivity contribution in [2.75, 3.05) is 0 Å². The van der Waals surface area contributed by atoms with Crippen LogP contribution in [0.1, 0.15) is 35.7 Å². The van der Waals surface area contributed by atoms with E-state index >= 15 is 0 Å². The van der Waals surface area contributed by atoms with Crippen molar-refractivity contribution in [3.05, 3.63) is 29.3 Å². The highest BCUT2D eigenvalue weighted by molar-refractivity contribution is 8.13. The Labute approximate surface area is 117 Å². The minimum absolute atomic E-state index is 0.0484. The van der Waals surface area contributed by atoms with E-state index in [9.17, 15) is 13.2 Å². The molecule has 0 aliphatic heterocycles. The van der Waals surface area contributed by atoms with Crippen LogP contribution < -0.4 is 5.32 Å². The molecule has 1 amide bonds. The first kappa shape index (κ1) is 14.3. The van der Waals surface area contributed by atoms with Gasteiger partial charge in [0.1, 0.15) is 0 Å². The number of amides is 1. The Morgan fingerprint density at radius 2 is 2.16 bits per heavy atom. The minimum Gasteiger partial charge on any atom is -0.349 e. The van der Waals surface area contributed by atoms with Gasteiger partial charge in [-0.2, -0.15) is 0 Å². The molecule has 1 aliphatic carbocycles. The molecule has 0 heterocycles. The Kier molecular flexibility index (Phi) is 3.87. The second-order valence-corrected chi connectivity index (χ2v) is 7.46. The molecule has 4 nitrogen and oxygen atoms in total. The van der Waals surface area contributed by atoms with Gasteiger partial charge in [-0.15, -0.1) is 0 Å². The first-order valence-electron chi connectivity index (χ1n) is 6.19. The second-order valence-electron chi connectivity index (χ2n) is 4.90. The number of hydrogen-bond donors (Lipinski definition) is 1. The molecule has 2 rings (SSSR count). The van der Waals surface area contributed by atoms with Crippen LogP contribution in [0.3, 0.4) is 0 Å². The largest absolute Gasteiger partial charge is 0.349 e. The Balaban J connectivity index is 2.21. The second kappa shape index (κ2) is 5.13. The van der Waals surface area contributed by atoms with Gasteiger partial charge in [0.2, 0.25) is 0 Å². The molecule has 0 radical (unpaired) electrons. The zero-order chi connectivity index (χ0) is 14.2. The van der Waals surface area contributed by atoms with Gasteiger partial charge in [-0.3, -0.25) is 4.79 Å². The molecule has 1 saturated carbocycles. The van der Waals surface area contributed by atoms with Crippen LogP contribution in [0.2, 0.25) is 0 Å². The SMILES string of the molecule is CCC1CC1NC(=O)c1cc(S(=O)(=O)Cl)ccc1C. The molecule has 19 heavy (non-hydrogen) atoms. The molecule has 0 saturated heterocycles. The third-order valence-electron chi connectivity index (χ3n) is 3.50. The number of carbonyl (C=O) groups is 1. The summed E-state index contributed by atoms with van der Waals surface area (Å²) < 4.78 is 22.6. The Morgan fingerprint density at radius 3 is 2.68 bits per heavy atom. The molecular weight excluding hydrogens is 286 g/mol. The Hall–Kier alpha value is -1.07. The quantitative estimate of drug-likeness (QED) is 0.869. The standard InChI is InChI=1S/C13H16ClNO3S/c1-3-9-6-12(9)15-13(16)11-7-10(19(14,17)18)5-4-8(11)2/h4-5,7,9,12H,3,6H2,1-2H3,(H,15,16). The summed E-state index contributed by atoms with van der Waals surface area (Å²) in [5.74, 6) is 0.310. The van der Waals surface area contributed by atoms with Crippen LogP contribution in [0.4, 0.5) is 0 Å². The number of halogens is 1. The number of aryl methyl sites for hydroxylation is 1. The smallest absolute Gasteiger partial charge is 0.261 e. The highest BCUT2D eigenvalue weighted by Crippen LogP contribution is 2.33. The van der Waals surface area contributed by atoms with Crippen molar-refractivity contribution in [3.63, 3.8) is 0 Å². The first-order valence-corrected chi connectivity index (χ1v) is 8.50. The van der Waals surface area contributed by atoms with Gasteiger partial charge >= 0.3 is 0 Å². The predicted molar refractivity (Wildman–Crippen MR) is 73.9 cm³/mol. The predicted octanol–water partition coefficient (Wildman–Crippen LogP) is 2.45. The summed E-state index contributed by atoms with van der Waals surface area (Å²) in [6.07, 6.45) is 2.04. The Morgan fingerprint density at radius 1 is 1.47 bits per heavy atom. The van der Waals surface area contributed by atoms with Crippen molar-refractivity contribution in [3.8, 4) is 0 Å². The molecule has 6 heteroatoms. The average molecular weight is 302 g/mol. The third-order valence-corrected chi connectivity index (χ3v) is 4.85. The van der Waals surface area contributed by atoms with Crippen LogP contribution in [0.25, 0.3) is 0 Å². The summed E-state index contributed by atoms with van der Waals surface area (Å²) in [5.41, 5.74) is 1.10. The van der Waals surface area contributed by atoms with Crippen molar-refractivity contribution >= 4 is 25.6 Å². The molecule has 104 valence electrons. The summed E-state index contributed by atoms with van der Waals surface area (Å²) in [5, 5.41) is 2.91. The van der Waals surface area contributed by atoms with Crippen molar-refractivity contribution in [2.24, 2.45) is 5.92 Å². The highest BCUT2D eigenvalue weighted by atomic mass is 35.7. The van der Waals surface area contributed by atoms with E-state index in [1.165, 1.54) is 12.1 Å². The molecule has 1 fully saturated rings. The lowest BCUT2D eigenvalue weighted by Gasteiger charge is -2.08. The summed E-state index contributed by atoms with van der Waals surface area (Å²) in [6, 6.07) is 4.54. The number of benzene rings is 1. The fourth-order valence-corrected chi connectivity index (χ4v) is 2.90. The van der Waals surface area contributed by atoms with Gasteiger partial charge in [-0.05, 0) is 37.0 Å². The van der Waals surface area contributed by atoms with Gasteiger partial charge in [-0.1, -0.05) is 19.4 Å². The number of rotatable bonds is 4. The van der Waals surface area contributed by atoms with Gasteiger partial charge in [-0.25, -0.2) is 8.42 Å². The maximum absolute atomic E-state index is 12.1. The van der Waals surface area contributed by atoms with E-state index in [0.29, 0.717) is 11.5 Å². The van der Waals surface area contributed by atoms with E-state index in [0.717, 1.165) is 18.4 Å². The van der Waals surface area contributed by atoms with Gasteiger partial charge < -0.3 is 5.32 Å². The molecule has 1 N–H and O–H groups in total. The highest BCUT2D eigenvalue weighted by Gasteiger charge is 2.36. The number of carbonyl (C=O) groups excluding carboxylic acids is 1. The van der Waals surface area contributed by atoms with Crippen molar-refractivity contribution in [2.45, 2.75) is 37.6 Å². The zero-order valence-corrected chi connectivity index (χ0v) is 12.4. The molecule has 1 aliphatic rings.